The van der Waals surface area contributed by atoms with E-state index in [1.54, 1.807) is 7.11 Å². The maximum Gasteiger partial charge on any atom is 0.178 e. The van der Waals surface area contributed by atoms with Gasteiger partial charge in [0.1, 0.15) is 23.9 Å². The van der Waals surface area contributed by atoms with Gasteiger partial charge in [-0.1, -0.05) is 137 Å². The maximum atomic E-state index is 9.33. The monoisotopic (exact) mass is 664 g/mol. The van der Waals surface area contributed by atoms with Gasteiger partial charge in [-0.05, 0) is 70.8 Å². The zero-order valence-electron chi connectivity index (χ0n) is 29.3. The van der Waals surface area contributed by atoms with E-state index in [-0.39, 0.29) is 18.6 Å². The summed E-state index contributed by atoms with van der Waals surface area (Å²) in [5, 5.41) is 11.7. The normalized spacial score (nSPS) is 19.8. The van der Waals surface area contributed by atoms with E-state index in [1.165, 1.54) is 91.0 Å². The molecule has 0 saturated heterocycles. The second-order valence-corrected chi connectivity index (χ2v) is 14.3. The Bertz CT molecular complexity index is 1980. The van der Waals surface area contributed by atoms with Crippen LogP contribution in [0.5, 0.6) is 17.2 Å². The number of aliphatic hydroxyl groups excluding tert-OH is 1. The number of aliphatic hydroxyl groups is 1. The molecule has 0 radical (unpaired) electrons. The highest BCUT2D eigenvalue weighted by atomic mass is 16.5. The van der Waals surface area contributed by atoms with Crippen LogP contribution in [0.4, 0.5) is 0 Å². The summed E-state index contributed by atoms with van der Waals surface area (Å²) >= 11 is 0. The van der Waals surface area contributed by atoms with Crippen LogP contribution in [-0.2, 0) is 11.0 Å². The molecule has 4 nitrogen and oxygen atoms in total. The molecule has 1 saturated carbocycles. The maximum absolute atomic E-state index is 9.33. The Balaban J connectivity index is 1.35. The molecule has 0 aromatic heterocycles. The van der Waals surface area contributed by atoms with Crippen molar-refractivity contribution in [1.29, 1.82) is 0 Å². The predicted octanol–water partition coefficient (Wildman–Crippen LogP) is 11.1. The SMILES string of the molecule is COc1ccc(C2(c3ccc(OCCO)cc3)C=Cc3c4c(c5ccccc5c3O2)-c2ccccc2C42CCCCCCCCCCC2)cc1. The number of hydrogen-bond donors (Lipinski definition) is 1. The Kier molecular flexibility index (Phi) is 9.14. The minimum Gasteiger partial charge on any atom is -0.497 e. The number of methoxy groups -OCH3 is 1. The van der Waals surface area contributed by atoms with Gasteiger partial charge in [-0.25, -0.2) is 0 Å². The Morgan fingerprint density at radius 2 is 1.24 bits per heavy atom. The second kappa shape index (κ2) is 14.0. The fraction of sp³-hybridized carbons (Fsp3) is 0.348. The summed E-state index contributed by atoms with van der Waals surface area (Å²) in [6.45, 7) is 0.233. The molecule has 0 amide bonds. The summed E-state index contributed by atoms with van der Waals surface area (Å²) in [5.74, 6) is 2.48. The van der Waals surface area contributed by atoms with Crippen LogP contribution in [0.2, 0.25) is 0 Å². The van der Waals surface area contributed by atoms with Crippen LogP contribution >= 0.6 is 0 Å². The third-order valence-corrected chi connectivity index (χ3v) is 11.5. The van der Waals surface area contributed by atoms with Gasteiger partial charge in [-0.2, -0.15) is 0 Å². The highest BCUT2D eigenvalue weighted by Gasteiger charge is 2.47. The molecule has 50 heavy (non-hydrogen) atoms. The summed E-state index contributed by atoms with van der Waals surface area (Å²) in [4.78, 5) is 0. The molecule has 256 valence electrons. The predicted molar refractivity (Wildman–Crippen MR) is 203 cm³/mol. The molecule has 1 heterocycles. The van der Waals surface area contributed by atoms with Gasteiger partial charge in [0.15, 0.2) is 5.60 Å². The summed E-state index contributed by atoms with van der Waals surface area (Å²) < 4.78 is 18.9. The molecule has 1 unspecified atom stereocenters. The average Bonchev–Trinajstić information content (AvgIpc) is 3.46. The largest absolute Gasteiger partial charge is 0.497 e. The fourth-order valence-electron chi connectivity index (χ4n) is 9.13. The molecule has 8 rings (SSSR count). The molecule has 0 bridgehead atoms. The van der Waals surface area contributed by atoms with Crippen molar-refractivity contribution in [2.24, 2.45) is 0 Å². The first-order chi connectivity index (χ1) is 24.7. The molecular weight excluding hydrogens is 617 g/mol. The summed E-state index contributed by atoms with van der Waals surface area (Å²) in [7, 11) is 1.70. The molecule has 5 aromatic carbocycles. The summed E-state index contributed by atoms with van der Waals surface area (Å²) in [6, 6.07) is 34.5. The number of benzene rings is 5. The zero-order chi connectivity index (χ0) is 34.0. The number of fused-ring (bicyclic) bond motifs is 10. The summed E-state index contributed by atoms with van der Waals surface area (Å²) in [6.07, 6.45) is 18.8. The van der Waals surface area contributed by atoms with Crippen LogP contribution in [0.15, 0.2) is 103 Å². The number of ether oxygens (including phenoxy) is 3. The van der Waals surface area contributed by atoms with Crippen molar-refractivity contribution in [2.75, 3.05) is 20.3 Å². The molecule has 2 aliphatic carbocycles. The van der Waals surface area contributed by atoms with Gasteiger partial charge >= 0.3 is 0 Å². The Labute approximate surface area is 296 Å². The molecule has 1 spiro atoms. The van der Waals surface area contributed by atoms with Crippen molar-refractivity contribution in [3.63, 3.8) is 0 Å². The van der Waals surface area contributed by atoms with E-state index in [0.29, 0.717) is 0 Å². The standard InChI is InChI=1S/C46H48O4/c1-48-35-23-19-33(20-24-35)46(34-21-25-36(26-22-34)49-32-31-47)30-27-40-43-42(37-15-9-10-16-38(37)44(40)50-46)39-17-11-12-18-41(39)45(43)28-13-7-5-3-2-4-6-8-14-29-45/h9-12,15-27,30,47H,2-8,13-14,28-29,31-32H2,1H3. The molecular formula is C46H48O4. The van der Waals surface area contributed by atoms with Crippen LogP contribution in [0.3, 0.4) is 0 Å². The van der Waals surface area contributed by atoms with E-state index in [1.807, 2.05) is 24.3 Å². The molecule has 1 aliphatic heterocycles. The van der Waals surface area contributed by atoms with E-state index in [0.717, 1.165) is 46.6 Å². The topological polar surface area (TPSA) is 47.9 Å². The quantitative estimate of drug-likeness (QED) is 0.196. The average molecular weight is 665 g/mol. The van der Waals surface area contributed by atoms with E-state index in [2.05, 4.69) is 84.9 Å². The lowest BCUT2D eigenvalue weighted by molar-refractivity contribution is 0.162. The number of rotatable bonds is 6. The Morgan fingerprint density at radius 1 is 0.660 bits per heavy atom. The summed E-state index contributed by atoms with van der Waals surface area (Å²) in [5.41, 5.74) is 8.10. The lowest BCUT2D eigenvalue weighted by atomic mass is 9.68. The molecule has 5 aromatic rings. The van der Waals surface area contributed by atoms with Crippen molar-refractivity contribution < 1.29 is 19.3 Å². The third-order valence-electron chi connectivity index (χ3n) is 11.5. The highest BCUT2D eigenvalue weighted by molar-refractivity contribution is 6.08. The van der Waals surface area contributed by atoms with Gasteiger partial charge in [0.05, 0.1) is 13.7 Å². The molecule has 1 fully saturated rings. The van der Waals surface area contributed by atoms with Crippen molar-refractivity contribution >= 4 is 16.8 Å². The van der Waals surface area contributed by atoms with Gasteiger partial charge in [0.25, 0.3) is 0 Å². The van der Waals surface area contributed by atoms with Crippen molar-refractivity contribution in [1.82, 2.24) is 0 Å². The van der Waals surface area contributed by atoms with Gasteiger partial charge in [-0.15, -0.1) is 0 Å². The van der Waals surface area contributed by atoms with Gasteiger partial charge in [-0.3, -0.25) is 0 Å². The van der Waals surface area contributed by atoms with E-state index in [9.17, 15) is 5.11 Å². The fourth-order valence-corrected chi connectivity index (χ4v) is 9.13. The van der Waals surface area contributed by atoms with Gasteiger partial charge in [0, 0.05) is 27.5 Å². The zero-order valence-corrected chi connectivity index (χ0v) is 29.3. The van der Waals surface area contributed by atoms with Crippen molar-refractivity contribution in [2.45, 2.75) is 81.6 Å². The molecule has 1 atom stereocenters. The lowest BCUT2D eigenvalue weighted by Gasteiger charge is -2.40. The Morgan fingerprint density at radius 3 is 1.88 bits per heavy atom. The molecule has 1 N–H and O–H groups in total. The van der Waals surface area contributed by atoms with Crippen molar-refractivity contribution in [3.05, 3.63) is 131 Å². The van der Waals surface area contributed by atoms with E-state index in [4.69, 9.17) is 14.2 Å². The Hall–Kier alpha value is -4.54. The minimum absolute atomic E-state index is 0.0249. The van der Waals surface area contributed by atoms with Crippen LogP contribution in [0.25, 0.3) is 28.0 Å². The first-order valence-electron chi connectivity index (χ1n) is 18.7. The van der Waals surface area contributed by atoms with Gasteiger partial charge in [0.2, 0.25) is 0 Å². The van der Waals surface area contributed by atoms with Crippen LogP contribution in [-0.4, -0.2) is 25.4 Å². The van der Waals surface area contributed by atoms with Gasteiger partial charge < -0.3 is 19.3 Å². The van der Waals surface area contributed by atoms with Crippen molar-refractivity contribution in [3.8, 4) is 28.4 Å². The molecule has 4 heteroatoms. The minimum atomic E-state index is -0.878. The second-order valence-electron chi connectivity index (χ2n) is 14.3. The first kappa shape index (κ1) is 32.7. The van der Waals surface area contributed by atoms with Crippen LogP contribution < -0.4 is 14.2 Å². The van der Waals surface area contributed by atoms with E-state index >= 15 is 0 Å². The highest BCUT2D eigenvalue weighted by Crippen LogP contribution is 2.61. The molecule has 3 aliphatic rings. The first-order valence-corrected chi connectivity index (χ1v) is 18.7. The van der Waals surface area contributed by atoms with E-state index < -0.39 is 5.60 Å². The lowest BCUT2D eigenvalue weighted by Crippen LogP contribution is -2.35. The van der Waals surface area contributed by atoms with Crippen LogP contribution in [0, 0.1) is 0 Å². The van der Waals surface area contributed by atoms with Crippen LogP contribution in [0.1, 0.15) is 98.4 Å². The smallest absolute Gasteiger partial charge is 0.178 e. The third kappa shape index (κ3) is 5.58. The number of hydrogen-bond acceptors (Lipinski definition) is 4.